The first-order valence-corrected chi connectivity index (χ1v) is 10.2. The van der Waals surface area contributed by atoms with Crippen LogP contribution in [-0.4, -0.2) is 46.5 Å². The smallest absolute Gasteiger partial charge is 0.274 e. The van der Waals surface area contributed by atoms with Crippen LogP contribution in [0.1, 0.15) is 26.8 Å². The summed E-state index contributed by atoms with van der Waals surface area (Å²) in [6.07, 6.45) is 1.52. The molecule has 1 unspecified atom stereocenters. The predicted molar refractivity (Wildman–Crippen MR) is 115 cm³/mol. The molecule has 1 aromatic carbocycles. The Bertz CT molecular complexity index is 945. The van der Waals surface area contributed by atoms with Crippen molar-refractivity contribution >= 4 is 17.3 Å². The number of nitrogens with zero attached hydrogens (tertiary/aromatic N) is 3. The number of nitrogens with one attached hydrogen (secondary N) is 2. The van der Waals surface area contributed by atoms with Gasteiger partial charge in [-0.3, -0.25) is 4.79 Å². The maximum atomic E-state index is 12.0. The van der Waals surface area contributed by atoms with Crippen molar-refractivity contribution in [3.63, 3.8) is 0 Å². The SMILES string of the molecule is Cc1nc(Cc2cc(=O)nc(NCC(Cc3ccccc3)N(C)C)[nH]2)sc1C. The van der Waals surface area contributed by atoms with Crippen LogP contribution in [0.15, 0.2) is 41.2 Å². The minimum Gasteiger partial charge on any atom is -0.354 e. The summed E-state index contributed by atoms with van der Waals surface area (Å²) in [5.74, 6) is 0.507. The van der Waals surface area contributed by atoms with E-state index in [4.69, 9.17) is 0 Å². The third kappa shape index (κ3) is 5.50. The van der Waals surface area contributed by atoms with Gasteiger partial charge in [-0.2, -0.15) is 4.98 Å². The van der Waals surface area contributed by atoms with Gasteiger partial charge in [-0.15, -0.1) is 11.3 Å². The lowest BCUT2D eigenvalue weighted by atomic mass is 10.1. The fourth-order valence-electron chi connectivity index (χ4n) is 3.00. The molecular weight excluding hydrogens is 370 g/mol. The fraction of sp³-hybridized carbons (Fsp3) is 0.381. The summed E-state index contributed by atoms with van der Waals surface area (Å²) in [6, 6.07) is 12.2. The molecule has 1 atom stereocenters. The van der Waals surface area contributed by atoms with Gasteiger partial charge in [0.05, 0.1) is 10.7 Å². The molecule has 148 valence electrons. The fourth-order valence-corrected chi connectivity index (χ4v) is 3.96. The van der Waals surface area contributed by atoms with Gasteiger partial charge in [-0.05, 0) is 39.9 Å². The topological polar surface area (TPSA) is 73.9 Å². The van der Waals surface area contributed by atoms with E-state index in [1.54, 1.807) is 17.4 Å². The zero-order valence-electron chi connectivity index (χ0n) is 16.8. The van der Waals surface area contributed by atoms with Crippen molar-refractivity contribution < 1.29 is 0 Å². The van der Waals surface area contributed by atoms with E-state index in [1.807, 2.05) is 13.0 Å². The predicted octanol–water partition coefficient (Wildman–Crippen LogP) is 3.02. The Morgan fingerprint density at radius 1 is 1.18 bits per heavy atom. The number of hydrogen-bond donors (Lipinski definition) is 2. The van der Waals surface area contributed by atoms with Gasteiger partial charge in [-0.1, -0.05) is 30.3 Å². The lowest BCUT2D eigenvalue weighted by Gasteiger charge is -2.25. The van der Waals surface area contributed by atoms with Gasteiger partial charge in [0, 0.05) is 35.6 Å². The van der Waals surface area contributed by atoms with Crippen molar-refractivity contribution in [1.82, 2.24) is 19.9 Å². The quantitative estimate of drug-likeness (QED) is 0.611. The Balaban J connectivity index is 1.68. The minimum atomic E-state index is -0.245. The third-order valence-electron chi connectivity index (χ3n) is 4.76. The zero-order valence-corrected chi connectivity index (χ0v) is 17.6. The highest BCUT2D eigenvalue weighted by atomic mass is 32.1. The average Bonchev–Trinajstić information content (AvgIpc) is 2.96. The van der Waals surface area contributed by atoms with Crippen molar-refractivity contribution in [2.45, 2.75) is 32.7 Å². The number of aryl methyl sites for hydroxylation is 2. The van der Waals surface area contributed by atoms with E-state index < -0.39 is 0 Å². The lowest BCUT2D eigenvalue weighted by Crippen LogP contribution is -2.37. The molecule has 0 aliphatic heterocycles. The second-order valence-corrected chi connectivity index (χ2v) is 8.50. The minimum absolute atomic E-state index is 0.245. The molecule has 7 heteroatoms. The molecule has 2 N–H and O–H groups in total. The highest BCUT2D eigenvalue weighted by Crippen LogP contribution is 2.18. The number of aromatic nitrogens is 3. The molecule has 0 spiro atoms. The summed E-state index contributed by atoms with van der Waals surface area (Å²) in [6.45, 7) is 4.75. The van der Waals surface area contributed by atoms with E-state index >= 15 is 0 Å². The number of thiazole rings is 1. The van der Waals surface area contributed by atoms with Crippen LogP contribution >= 0.6 is 11.3 Å². The highest BCUT2D eigenvalue weighted by Gasteiger charge is 2.13. The molecule has 0 bridgehead atoms. The Morgan fingerprint density at radius 2 is 1.93 bits per heavy atom. The molecule has 2 heterocycles. The van der Waals surface area contributed by atoms with Gasteiger partial charge < -0.3 is 15.2 Å². The summed E-state index contributed by atoms with van der Waals surface area (Å²) >= 11 is 1.66. The molecule has 0 radical (unpaired) electrons. The van der Waals surface area contributed by atoms with E-state index in [0.29, 0.717) is 18.9 Å². The summed E-state index contributed by atoms with van der Waals surface area (Å²) in [7, 11) is 4.13. The molecule has 28 heavy (non-hydrogen) atoms. The van der Waals surface area contributed by atoms with Gasteiger partial charge in [0.2, 0.25) is 5.95 Å². The molecule has 6 nitrogen and oxygen atoms in total. The second-order valence-electron chi connectivity index (χ2n) is 7.21. The van der Waals surface area contributed by atoms with Crippen molar-refractivity contribution in [1.29, 1.82) is 0 Å². The van der Waals surface area contributed by atoms with Gasteiger partial charge in [0.1, 0.15) is 0 Å². The Hall–Kier alpha value is -2.51. The zero-order chi connectivity index (χ0) is 20.1. The number of anilines is 1. The maximum absolute atomic E-state index is 12.0. The number of benzene rings is 1. The second kappa shape index (κ2) is 9.12. The maximum Gasteiger partial charge on any atom is 0.274 e. The van der Waals surface area contributed by atoms with Crippen molar-refractivity contribution in [2.24, 2.45) is 0 Å². The van der Waals surface area contributed by atoms with Crippen LogP contribution in [0.3, 0.4) is 0 Å². The number of rotatable bonds is 8. The summed E-state index contributed by atoms with van der Waals surface area (Å²) in [5.41, 5.74) is 2.91. The summed E-state index contributed by atoms with van der Waals surface area (Å²) < 4.78 is 0. The molecular formula is C21H27N5OS. The van der Waals surface area contributed by atoms with Gasteiger partial charge in [0.15, 0.2) is 0 Å². The third-order valence-corrected chi connectivity index (χ3v) is 5.84. The molecule has 2 aromatic heterocycles. The van der Waals surface area contributed by atoms with Crippen molar-refractivity contribution in [3.8, 4) is 0 Å². The Labute approximate surface area is 169 Å². The van der Waals surface area contributed by atoms with Crippen LogP contribution in [-0.2, 0) is 12.8 Å². The first-order chi connectivity index (χ1) is 13.4. The van der Waals surface area contributed by atoms with Gasteiger partial charge >= 0.3 is 0 Å². The van der Waals surface area contributed by atoms with E-state index in [0.717, 1.165) is 22.8 Å². The number of likely N-dealkylation sites (N-methyl/N-ethyl adjacent to an activating group) is 1. The molecule has 0 saturated heterocycles. The molecule has 3 aromatic rings. The molecule has 0 aliphatic rings. The summed E-state index contributed by atoms with van der Waals surface area (Å²) in [4.78, 5) is 27.3. The monoisotopic (exact) mass is 397 g/mol. The summed E-state index contributed by atoms with van der Waals surface area (Å²) in [5, 5.41) is 4.30. The van der Waals surface area contributed by atoms with Crippen molar-refractivity contribution in [2.75, 3.05) is 26.0 Å². The Morgan fingerprint density at radius 3 is 2.57 bits per heavy atom. The van der Waals surface area contributed by atoms with E-state index in [1.165, 1.54) is 10.4 Å². The molecule has 3 rings (SSSR count). The normalized spacial score (nSPS) is 12.3. The van der Waals surface area contributed by atoms with E-state index in [-0.39, 0.29) is 11.6 Å². The largest absolute Gasteiger partial charge is 0.354 e. The molecule has 0 aliphatic carbocycles. The number of H-pyrrole nitrogens is 1. The van der Waals surface area contributed by atoms with Crippen LogP contribution in [0.2, 0.25) is 0 Å². The van der Waals surface area contributed by atoms with Crippen LogP contribution in [0.25, 0.3) is 0 Å². The number of aromatic amines is 1. The van der Waals surface area contributed by atoms with Crippen LogP contribution < -0.4 is 10.9 Å². The highest BCUT2D eigenvalue weighted by molar-refractivity contribution is 7.11. The first-order valence-electron chi connectivity index (χ1n) is 9.38. The Kier molecular flexibility index (Phi) is 6.59. The number of hydrogen-bond acceptors (Lipinski definition) is 6. The molecule has 0 saturated carbocycles. The van der Waals surface area contributed by atoms with Gasteiger partial charge in [0.25, 0.3) is 5.56 Å². The van der Waals surface area contributed by atoms with E-state index in [9.17, 15) is 4.79 Å². The lowest BCUT2D eigenvalue weighted by molar-refractivity contribution is 0.303. The van der Waals surface area contributed by atoms with Crippen LogP contribution in [0.5, 0.6) is 0 Å². The van der Waals surface area contributed by atoms with Crippen molar-refractivity contribution in [3.05, 3.63) is 73.6 Å². The molecule has 0 amide bonds. The van der Waals surface area contributed by atoms with Crippen LogP contribution in [0.4, 0.5) is 5.95 Å². The van der Waals surface area contributed by atoms with Crippen LogP contribution in [0, 0.1) is 13.8 Å². The first kappa shape index (κ1) is 20.2. The van der Waals surface area contributed by atoms with Gasteiger partial charge in [-0.25, -0.2) is 4.98 Å². The standard InChI is InChI=1S/C21H27N5OS/c1-14-15(2)28-20(23-14)12-17-11-19(27)25-21(24-17)22-13-18(26(3)4)10-16-8-6-5-7-9-16/h5-9,11,18H,10,12-13H2,1-4H3,(H2,22,24,25,27). The molecule has 0 fully saturated rings. The average molecular weight is 398 g/mol. The van der Waals surface area contributed by atoms with E-state index in [2.05, 4.69) is 70.5 Å².